The number of benzene rings is 2. The topological polar surface area (TPSA) is 32.3 Å². The van der Waals surface area contributed by atoms with Gasteiger partial charge in [-0.2, -0.15) is 0 Å². The summed E-state index contributed by atoms with van der Waals surface area (Å²) >= 11 is 7.82. The molecule has 0 saturated carbocycles. The average Bonchev–Trinajstić information content (AvgIpc) is 3.21. The number of thiophene rings is 1. The van der Waals surface area contributed by atoms with Crippen LogP contribution in [0.1, 0.15) is 35.7 Å². The van der Waals surface area contributed by atoms with E-state index in [0.717, 1.165) is 46.1 Å². The smallest absolute Gasteiger partial charge is 0.163 e. The Morgan fingerprint density at radius 3 is 2.66 bits per heavy atom. The van der Waals surface area contributed by atoms with Gasteiger partial charge in [0.25, 0.3) is 0 Å². The summed E-state index contributed by atoms with van der Waals surface area (Å²) in [6.07, 6.45) is 2.43. The lowest BCUT2D eigenvalue weighted by atomic mass is 9.88. The van der Waals surface area contributed by atoms with Crippen LogP contribution in [0.2, 0.25) is 5.02 Å². The molecular weight excluding hydrogens is 400 g/mol. The van der Waals surface area contributed by atoms with E-state index < -0.39 is 0 Å². The molecule has 0 bridgehead atoms. The number of nitrogens with one attached hydrogen (secondary N) is 1. The molecule has 1 N–H and O–H groups in total. The number of hydrogen-bond donors (Lipinski definition) is 1. The van der Waals surface area contributed by atoms with Crippen LogP contribution in [0, 0.1) is 0 Å². The van der Waals surface area contributed by atoms with Crippen LogP contribution in [0.3, 0.4) is 0 Å². The molecule has 1 atom stereocenters. The van der Waals surface area contributed by atoms with Crippen molar-refractivity contribution in [3.63, 3.8) is 0 Å². The van der Waals surface area contributed by atoms with Crippen LogP contribution in [-0.4, -0.2) is 5.78 Å². The molecule has 2 aliphatic rings. The molecule has 2 heterocycles. The molecule has 0 unspecified atom stereocenters. The Kier molecular flexibility index (Phi) is 4.90. The summed E-state index contributed by atoms with van der Waals surface area (Å²) in [7, 11) is 0. The first kappa shape index (κ1) is 18.5. The maximum atomic E-state index is 13.1. The van der Waals surface area contributed by atoms with E-state index in [9.17, 15) is 4.79 Å². The van der Waals surface area contributed by atoms with E-state index >= 15 is 0 Å². The lowest BCUT2D eigenvalue weighted by Crippen LogP contribution is -2.32. The molecule has 1 aliphatic carbocycles. The maximum absolute atomic E-state index is 13.1. The number of anilines is 2. The average molecular weight is 421 g/mol. The molecule has 29 heavy (non-hydrogen) atoms. The summed E-state index contributed by atoms with van der Waals surface area (Å²) in [5, 5.41) is 6.43. The van der Waals surface area contributed by atoms with Crippen LogP contribution in [-0.2, 0) is 11.3 Å². The highest BCUT2D eigenvalue weighted by atomic mass is 35.5. The van der Waals surface area contributed by atoms with Crippen molar-refractivity contribution in [2.24, 2.45) is 0 Å². The Hall–Kier alpha value is -2.56. The van der Waals surface area contributed by atoms with Gasteiger partial charge < -0.3 is 10.2 Å². The molecule has 146 valence electrons. The van der Waals surface area contributed by atoms with Gasteiger partial charge in [-0.1, -0.05) is 41.9 Å². The van der Waals surface area contributed by atoms with Gasteiger partial charge in [-0.25, -0.2) is 0 Å². The minimum absolute atomic E-state index is 0.0929. The normalized spacial score (nSPS) is 18.7. The van der Waals surface area contributed by atoms with Gasteiger partial charge in [-0.05, 0) is 54.1 Å². The first-order valence-corrected chi connectivity index (χ1v) is 11.1. The van der Waals surface area contributed by atoms with Crippen LogP contribution in [0.5, 0.6) is 0 Å². The minimum atomic E-state index is -0.0929. The summed E-state index contributed by atoms with van der Waals surface area (Å²) in [5.74, 6) is 0.256. The van der Waals surface area contributed by atoms with Gasteiger partial charge in [-0.3, -0.25) is 4.79 Å². The second kappa shape index (κ2) is 7.69. The molecule has 1 aromatic heterocycles. The molecular formula is C24H21ClN2OS. The standard InChI is InChI=1S/C24H21ClN2OS/c25-17-12-10-16(11-13-17)15-27-20-7-2-1-5-18(20)26-19-6-3-8-21(28)23(19)24(27)22-9-4-14-29-22/h1-2,4-5,7,9-14,24,26H,3,6,8,15H2/t24-/m1/s1. The van der Waals surface area contributed by atoms with E-state index in [1.165, 1.54) is 4.88 Å². The second-order valence-electron chi connectivity index (χ2n) is 7.48. The van der Waals surface area contributed by atoms with E-state index in [2.05, 4.69) is 58.1 Å². The largest absolute Gasteiger partial charge is 0.357 e. The number of allylic oxidation sites excluding steroid dienone is 1. The van der Waals surface area contributed by atoms with Crippen molar-refractivity contribution in [3.05, 3.63) is 92.8 Å². The fraction of sp³-hybridized carbons (Fsp3) is 0.208. The number of halogens is 1. The van der Waals surface area contributed by atoms with Gasteiger partial charge in [0, 0.05) is 34.1 Å². The number of Topliss-reactive ketones (excluding diaryl/α,β-unsaturated/α-hetero) is 1. The lowest BCUT2D eigenvalue weighted by molar-refractivity contribution is -0.116. The van der Waals surface area contributed by atoms with Crippen molar-refractivity contribution in [1.29, 1.82) is 0 Å². The first-order valence-electron chi connectivity index (χ1n) is 9.87. The van der Waals surface area contributed by atoms with E-state index in [1.807, 2.05) is 18.2 Å². The van der Waals surface area contributed by atoms with E-state index in [0.29, 0.717) is 13.0 Å². The summed E-state index contributed by atoms with van der Waals surface area (Å²) in [5.41, 5.74) is 5.33. The van der Waals surface area contributed by atoms with Gasteiger partial charge in [0.05, 0.1) is 17.4 Å². The Morgan fingerprint density at radius 2 is 1.86 bits per heavy atom. The fourth-order valence-corrected chi connectivity index (χ4v) is 5.28. The highest BCUT2D eigenvalue weighted by Crippen LogP contribution is 2.46. The third-order valence-electron chi connectivity index (χ3n) is 5.62. The monoisotopic (exact) mass is 420 g/mol. The van der Waals surface area contributed by atoms with Crippen LogP contribution in [0.15, 0.2) is 77.3 Å². The molecule has 0 amide bonds. The van der Waals surface area contributed by atoms with Gasteiger partial charge >= 0.3 is 0 Å². The summed E-state index contributed by atoms with van der Waals surface area (Å²) in [4.78, 5) is 16.7. The third kappa shape index (κ3) is 3.47. The van der Waals surface area contributed by atoms with Crippen molar-refractivity contribution in [1.82, 2.24) is 0 Å². The molecule has 5 rings (SSSR count). The Morgan fingerprint density at radius 1 is 1.03 bits per heavy atom. The van der Waals surface area contributed by atoms with Crippen molar-refractivity contribution in [3.8, 4) is 0 Å². The van der Waals surface area contributed by atoms with Gasteiger partial charge in [0.15, 0.2) is 5.78 Å². The van der Waals surface area contributed by atoms with E-state index in [1.54, 1.807) is 11.3 Å². The highest BCUT2D eigenvalue weighted by Gasteiger charge is 2.37. The van der Waals surface area contributed by atoms with Gasteiger partial charge in [-0.15, -0.1) is 11.3 Å². The molecule has 0 spiro atoms. The maximum Gasteiger partial charge on any atom is 0.163 e. The molecule has 3 aromatic rings. The van der Waals surface area contributed by atoms with Crippen molar-refractivity contribution >= 4 is 40.1 Å². The molecule has 1 aliphatic heterocycles. The predicted molar refractivity (Wildman–Crippen MR) is 121 cm³/mol. The zero-order valence-electron chi connectivity index (χ0n) is 15.9. The Labute approximate surface area is 179 Å². The van der Waals surface area contributed by atoms with Crippen LogP contribution in [0.25, 0.3) is 0 Å². The number of carbonyl (C=O) groups is 1. The molecule has 0 fully saturated rings. The predicted octanol–water partition coefficient (Wildman–Crippen LogP) is 6.58. The van der Waals surface area contributed by atoms with Gasteiger partial charge in [0.1, 0.15) is 0 Å². The highest BCUT2D eigenvalue weighted by molar-refractivity contribution is 7.10. The zero-order chi connectivity index (χ0) is 19.8. The van der Waals surface area contributed by atoms with Crippen molar-refractivity contribution < 1.29 is 4.79 Å². The Balaban J connectivity index is 1.70. The van der Waals surface area contributed by atoms with Crippen LogP contribution in [0.4, 0.5) is 11.4 Å². The van der Waals surface area contributed by atoms with E-state index in [-0.39, 0.29) is 11.8 Å². The number of nitrogens with zero attached hydrogens (tertiary/aromatic N) is 1. The SMILES string of the molecule is O=C1CCCC2=C1[C@@H](c1cccs1)N(Cc1ccc(Cl)cc1)c1ccccc1N2. The van der Waals surface area contributed by atoms with Crippen molar-refractivity contribution in [2.75, 3.05) is 10.2 Å². The molecule has 0 saturated heterocycles. The lowest BCUT2D eigenvalue weighted by Gasteiger charge is -2.34. The third-order valence-corrected chi connectivity index (χ3v) is 6.80. The van der Waals surface area contributed by atoms with Crippen molar-refractivity contribution in [2.45, 2.75) is 31.8 Å². The minimum Gasteiger partial charge on any atom is -0.357 e. The van der Waals surface area contributed by atoms with Crippen LogP contribution >= 0.6 is 22.9 Å². The molecule has 2 aromatic carbocycles. The van der Waals surface area contributed by atoms with Crippen LogP contribution < -0.4 is 10.2 Å². The summed E-state index contributed by atoms with van der Waals surface area (Å²) < 4.78 is 0. The Bertz CT molecular complexity index is 1070. The number of rotatable bonds is 3. The number of carbonyl (C=O) groups excluding carboxylic acids is 1. The number of hydrogen-bond acceptors (Lipinski definition) is 4. The van der Waals surface area contributed by atoms with E-state index in [4.69, 9.17) is 11.6 Å². The zero-order valence-corrected chi connectivity index (χ0v) is 17.5. The summed E-state index contributed by atoms with van der Waals surface area (Å²) in [6, 6.07) is 20.4. The number of fused-ring (bicyclic) bond motifs is 1. The first-order chi connectivity index (χ1) is 14.2. The molecule has 0 radical (unpaired) electrons. The second-order valence-corrected chi connectivity index (χ2v) is 8.90. The molecule has 3 nitrogen and oxygen atoms in total. The summed E-state index contributed by atoms with van der Waals surface area (Å²) in [6.45, 7) is 0.697. The quantitative estimate of drug-likeness (QED) is 0.519. The number of para-hydroxylation sites is 2. The van der Waals surface area contributed by atoms with Gasteiger partial charge in [0.2, 0.25) is 0 Å². The number of ketones is 1. The molecule has 5 heteroatoms. The fourth-order valence-electron chi connectivity index (χ4n) is 4.30.